The highest BCUT2D eigenvalue weighted by Crippen LogP contribution is 2.41. The average molecular weight is 237 g/mol. The monoisotopic (exact) mass is 237 g/mol. The summed E-state index contributed by atoms with van der Waals surface area (Å²) in [6.45, 7) is 0. The number of carboxylic acids is 1. The van der Waals surface area contributed by atoms with Crippen molar-refractivity contribution in [2.24, 2.45) is 5.73 Å². The van der Waals surface area contributed by atoms with Crippen LogP contribution >= 0.6 is 0 Å². The summed E-state index contributed by atoms with van der Waals surface area (Å²) >= 11 is 0. The van der Waals surface area contributed by atoms with Crippen LogP contribution in [0.2, 0.25) is 0 Å². The molecule has 0 amide bonds. The summed E-state index contributed by atoms with van der Waals surface area (Å²) in [4.78, 5) is 10.4. The molecule has 3 nitrogen and oxygen atoms in total. The Hall–Kier alpha value is -1.42. The number of carbonyl (C=O) groups is 1. The van der Waals surface area contributed by atoms with Gasteiger partial charge in [-0.05, 0) is 42.4 Å². The van der Waals surface area contributed by atoms with Crippen molar-refractivity contribution in [3.8, 4) is 0 Å². The van der Waals surface area contributed by atoms with E-state index in [1.165, 1.54) is 6.07 Å². The third kappa shape index (κ3) is 3.03. The lowest BCUT2D eigenvalue weighted by Crippen LogP contribution is -2.12. The minimum atomic E-state index is -0.879. The second-order valence-electron chi connectivity index (χ2n) is 4.59. The molecule has 0 saturated heterocycles. The highest BCUT2D eigenvalue weighted by atomic mass is 19.1. The van der Waals surface area contributed by atoms with Crippen LogP contribution in [0.5, 0.6) is 0 Å². The van der Waals surface area contributed by atoms with E-state index < -0.39 is 12.0 Å². The maximum atomic E-state index is 13.7. The maximum Gasteiger partial charge on any atom is 0.303 e. The standard InChI is InChI=1S/C13H16FNO2/c14-11-7-9(12(15)5-6-13(16)17)3-4-10(11)8-1-2-8/h3-4,7-8,12H,1-2,5-6,15H2,(H,16,17). The molecule has 1 atom stereocenters. The molecule has 1 aromatic rings. The topological polar surface area (TPSA) is 63.3 Å². The summed E-state index contributed by atoms with van der Waals surface area (Å²) in [5.74, 6) is -0.717. The molecule has 1 aliphatic rings. The van der Waals surface area contributed by atoms with Gasteiger partial charge in [-0.15, -0.1) is 0 Å². The first-order valence-electron chi connectivity index (χ1n) is 5.84. The summed E-state index contributed by atoms with van der Waals surface area (Å²) in [6.07, 6.45) is 2.45. The van der Waals surface area contributed by atoms with E-state index in [0.29, 0.717) is 17.9 Å². The Morgan fingerprint density at radius 3 is 2.76 bits per heavy atom. The molecule has 1 aliphatic carbocycles. The number of hydrogen-bond acceptors (Lipinski definition) is 2. The number of nitrogens with two attached hydrogens (primary N) is 1. The van der Waals surface area contributed by atoms with Gasteiger partial charge in [-0.1, -0.05) is 12.1 Å². The number of aliphatic carboxylic acids is 1. The minimum absolute atomic E-state index is 0.00711. The molecule has 4 heteroatoms. The van der Waals surface area contributed by atoms with Gasteiger partial charge < -0.3 is 10.8 Å². The molecule has 1 fully saturated rings. The summed E-state index contributed by atoms with van der Waals surface area (Å²) in [5, 5.41) is 8.56. The molecular weight excluding hydrogens is 221 g/mol. The fourth-order valence-electron chi connectivity index (χ4n) is 1.95. The fourth-order valence-corrected chi connectivity index (χ4v) is 1.95. The second-order valence-corrected chi connectivity index (χ2v) is 4.59. The Morgan fingerprint density at radius 1 is 1.53 bits per heavy atom. The third-order valence-electron chi connectivity index (χ3n) is 3.14. The molecule has 0 aromatic heterocycles. The van der Waals surface area contributed by atoms with E-state index in [0.717, 1.165) is 18.4 Å². The molecular formula is C13H16FNO2. The first-order valence-corrected chi connectivity index (χ1v) is 5.84. The summed E-state index contributed by atoms with van der Waals surface area (Å²) in [5.41, 5.74) is 7.26. The second kappa shape index (κ2) is 4.84. The van der Waals surface area contributed by atoms with Crippen LogP contribution in [-0.2, 0) is 4.79 Å². The van der Waals surface area contributed by atoms with Crippen LogP contribution in [0.15, 0.2) is 18.2 Å². The minimum Gasteiger partial charge on any atom is -0.481 e. The van der Waals surface area contributed by atoms with Crippen molar-refractivity contribution in [2.45, 2.75) is 37.6 Å². The molecule has 0 bridgehead atoms. The molecule has 2 rings (SSSR count). The van der Waals surface area contributed by atoms with Crippen molar-refractivity contribution < 1.29 is 14.3 Å². The van der Waals surface area contributed by atoms with Crippen LogP contribution in [0.4, 0.5) is 4.39 Å². The van der Waals surface area contributed by atoms with Gasteiger partial charge in [-0.2, -0.15) is 0 Å². The maximum absolute atomic E-state index is 13.7. The van der Waals surface area contributed by atoms with Gasteiger partial charge in [0.05, 0.1) is 0 Å². The number of hydrogen-bond donors (Lipinski definition) is 2. The van der Waals surface area contributed by atoms with Crippen molar-refractivity contribution in [1.29, 1.82) is 0 Å². The molecule has 92 valence electrons. The average Bonchev–Trinajstić information content (AvgIpc) is 3.09. The van der Waals surface area contributed by atoms with E-state index in [9.17, 15) is 9.18 Å². The lowest BCUT2D eigenvalue weighted by molar-refractivity contribution is -0.137. The van der Waals surface area contributed by atoms with Crippen molar-refractivity contribution in [3.63, 3.8) is 0 Å². The predicted molar refractivity (Wildman–Crippen MR) is 62.2 cm³/mol. The quantitative estimate of drug-likeness (QED) is 0.827. The van der Waals surface area contributed by atoms with Crippen LogP contribution in [0.1, 0.15) is 48.8 Å². The Bertz CT molecular complexity index is 429. The van der Waals surface area contributed by atoms with E-state index in [1.807, 2.05) is 6.07 Å². The molecule has 1 saturated carbocycles. The molecule has 0 heterocycles. The van der Waals surface area contributed by atoms with Gasteiger partial charge >= 0.3 is 5.97 Å². The van der Waals surface area contributed by atoms with Crippen molar-refractivity contribution in [2.75, 3.05) is 0 Å². The zero-order chi connectivity index (χ0) is 12.4. The van der Waals surface area contributed by atoms with Crippen LogP contribution in [0.3, 0.4) is 0 Å². The highest BCUT2D eigenvalue weighted by molar-refractivity contribution is 5.66. The first kappa shape index (κ1) is 12.0. The zero-order valence-electron chi connectivity index (χ0n) is 9.53. The van der Waals surface area contributed by atoms with Gasteiger partial charge in [-0.25, -0.2) is 4.39 Å². The van der Waals surface area contributed by atoms with Crippen molar-refractivity contribution in [1.82, 2.24) is 0 Å². The molecule has 0 aliphatic heterocycles. The predicted octanol–water partition coefficient (Wildman–Crippen LogP) is 2.57. The van der Waals surface area contributed by atoms with Gasteiger partial charge in [0.25, 0.3) is 0 Å². The van der Waals surface area contributed by atoms with E-state index in [2.05, 4.69) is 0 Å². The van der Waals surface area contributed by atoms with E-state index >= 15 is 0 Å². The Kier molecular flexibility index (Phi) is 3.43. The smallest absolute Gasteiger partial charge is 0.303 e. The molecule has 3 N–H and O–H groups in total. The van der Waals surface area contributed by atoms with Crippen molar-refractivity contribution in [3.05, 3.63) is 35.1 Å². The third-order valence-corrected chi connectivity index (χ3v) is 3.14. The Balaban J connectivity index is 2.05. The first-order chi connectivity index (χ1) is 8.08. The molecule has 1 unspecified atom stereocenters. The normalized spacial score (nSPS) is 16.8. The van der Waals surface area contributed by atoms with E-state index in [1.54, 1.807) is 6.07 Å². The van der Waals surface area contributed by atoms with E-state index in [-0.39, 0.29) is 12.2 Å². The van der Waals surface area contributed by atoms with Crippen LogP contribution in [0, 0.1) is 5.82 Å². The van der Waals surface area contributed by atoms with Crippen LogP contribution in [-0.4, -0.2) is 11.1 Å². The largest absolute Gasteiger partial charge is 0.481 e. The molecule has 0 spiro atoms. The molecule has 1 aromatic carbocycles. The van der Waals surface area contributed by atoms with Gasteiger partial charge in [0.1, 0.15) is 5.82 Å². The van der Waals surface area contributed by atoms with Gasteiger partial charge in [0.2, 0.25) is 0 Å². The highest BCUT2D eigenvalue weighted by Gasteiger charge is 2.26. The molecule has 17 heavy (non-hydrogen) atoms. The summed E-state index contributed by atoms with van der Waals surface area (Å²) < 4.78 is 13.7. The van der Waals surface area contributed by atoms with Crippen molar-refractivity contribution >= 4 is 5.97 Å². The lowest BCUT2D eigenvalue weighted by atomic mass is 9.99. The number of benzene rings is 1. The summed E-state index contributed by atoms with van der Waals surface area (Å²) in [7, 11) is 0. The number of rotatable bonds is 5. The SMILES string of the molecule is NC(CCC(=O)O)c1ccc(C2CC2)c(F)c1. The lowest BCUT2D eigenvalue weighted by Gasteiger charge is -2.12. The number of carboxylic acid groups (broad SMARTS) is 1. The molecule has 0 radical (unpaired) electrons. The zero-order valence-corrected chi connectivity index (χ0v) is 9.53. The Labute approximate surface area is 99.4 Å². The van der Waals surface area contributed by atoms with Gasteiger partial charge in [-0.3, -0.25) is 4.79 Å². The summed E-state index contributed by atoms with van der Waals surface area (Å²) in [6, 6.07) is 4.63. The fraction of sp³-hybridized carbons (Fsp3) is 0.462. The van der Waals surface area contributed by atoms with Gasteiger partial charge in [0, 0.05) is 12.5 Å². The Morgan fingerprint density at radius 2 is 2.24 bits per heavy atom. The van der Waals surface area contributed by atoms with Gasteiger partial charge in [0.15, 0.2) is 0 Å². The van der Waals surface area contributed by atoms with Crippen LogP contribution < -0.4 is 5.73 Å². The van der Waals surface area contributed by atoms with E-state index in [4.69, 9.17) is 10.8 Å². The van der Waals surface area contributed by atoms with Crippen LogP contribution in [0.25, 0.3) is 0 Å². The number of halogens is 1.